The van der Waals surface area contributed by atoms with Gasteiger partial charge in [-0.2, -0.15) is 0 Å². The Kier molecular flexibility index (Phi) is 5.83. The molecule has 0 saturated carbocycles. The summed E-state index contributed by atoms with van der Waals surface area (Å²) in [4.78, 5) is 4.91. The molecule has 0 aromatic heterocycles. The minimum atomic E-state index is 0.112. The lowest BCUT2D eigenvalue weighted by Crippen LogP contribution is -2.47. The van der Waals surface area contributed by atoms with Gasteiger partial charge < -0.3 is 14.7 Å². The molecule has 1 aromatic carbocycles. The van der Waals surface area contributed by atoms with Crippen molar-refractivity contribution in [3.63, 3.8) is 0 Å². The van der Waals surface area contributed by atoms with E-state index in [1.807, 2.05) is 0 Å². The Balaban J connectivity index is 1.80. The van der Waals surface area contributed by atoms with Crippen molar-refractivity contribution in [3.8, 4) is 0 Å². The molecule has 112 valence electrons. The van der Waals surface area contributed by atoms with Gasteiger partial charge in [0.25, 0.3) is 0 Å². The molecule has 1 heterocycles. The third-order valence-corrected chi connectivity index (χ3v) is 4.08. The fourth-order valence-electron chi connectivity index (χ4n) is 2.65. The lowest BCUT2D eigenvalue weighted by atomic mass is 10.1. The molecule has 2 rings (SSSR count). The van der Waals surface area contributed by atoms with Crippen LogP contribution >= 0.6 is 0 Å². The zero-order valence-corrected chi connectivity index (χ0v) is 12.6. The largest absolute Gasteiger partial charge is 0.394 e. The minimum absolute atomic E-state index is 0.112. The SMILES string of the molecule is Cc1cccc(N2CCN(CCOCCO)CC2)c1C. The summed E-state index contributed by atoms with van der Waals surface area (Å²) in [5.41, 5.74) is 4.13. The monoisotopic (exact) mass is 278 g/mol. The van der Waals surface area contributed by atoms with Crippen molar-refractivity contribution in [2.75, 3.05) is 57.4 Å². The molecule has 4 heteroatoms. The van der Waals surface area contributed by atoms with Crippen molar-refractivity contribution in [2.24, 2.45) is 0 Å². The minimum Gasteiger partial charge on any atom is -0.394 e. The van der Waals surface area contributed by atoms with E-state index in [2.05, 4.69) is 41.8 Å². The van der Waals surface area contributed by atoms with Crippen LogP contribution in [-0.4, -0.2) is 62.6 Å². The maximum Gasteiger partial charge on any atom is 0.0698 e. The summed E-state index contributed by atoms with van der Waals surface area (Å²) in [6.45, 7) is 10.9. The van der Waals surface area contributed by atoms with Gasteiger partial charge in [-0.05, 0) is 31.0 Å². The van der Waals surface area contributed by atoms with E-state index in [1.54, 1.807) is 0 Å². The normalized spacial score (nSPS) is 16.6. The van der Waals surface area contributed by atoms with Gasteiger partial charge in [0, 0.05) is 38.4 Å². The Morgan fingerprint density at radius 3 is 2.55 bits per heavy atom. The van der Waals surface area contributed by atoms with Crippen molar-refractivity contribution >= 4 is 5.69 Å². The number of hydrogen-bond donors (Lipinski definition) is 1. The lowest BCUT2D eigenvalue weighted by molar-refractivity contribution is 0.0724. The second-order valence-corrected chi connectivity index (χ2v) is 5.38. The van der Waals surface area contributed by atoms with Gasteiger partial charge in [-0.1, -0.05) is 12.1 Å². The van der Waals surface area contributed by atoms with E-state index in [9.17, 15) is 0 Å². The van der Waals surface area contributed by atoms with Crippen LogP contribution in [0.25, 0.3) is 0 Å². The average molecular weight is 278 g/mol. The molecule has 1 N–H and O–H groups in total. The second-order valence-electron chi connectivity index (χ2n) is 5.38. The van der Waals surface area contributed by atoms with Crippen LogP contribution in [0.4, 0.5) is 5.69 Å². The van der Waals surface area contributed by atoms with Crippen LogP contribution in [0.3, 0.4) is 0 Å². The van der Waals surface area contributed by atoms with E-state index in [0.29, 0.717) is 13.2 Å². The number of anilines is 1. The first kappa shape index (κ1) is 15.3. The number of hydrogen-bond acceptors (Lipinski definition) is 4. The molecule has 1 aliphatic rings. The maximum atomic E-state index is 8.67. The molecule has 4 nitrogen and oxygen atoms in total. The molecule has 1 fully saturated rings. The highest BCUT2D eigenvalue weighted by Crippen LogP contribution is 2.23. The van der Waals surface area contributed by atoms with Gasteiger partial charge in [0.1, 0.15) is 0 Å². The zero-order chi connectivity index (χ0) is 14.4. The van der Waals surface area contributed by atoms with Crippen molar-refractivity contribution < 1.29 is 9.84 Å². The third-order valence-electron chi connectivity index (χ3n) is 4.08. The van der Waals surface area contributed by atoms with Crippen molar-refractivity contribution in [1.29, 1.82) is 0 Å². The van der Waals surface area contributed by atoms with Crippen LogP contribution in [0.5, 0.6) is 0 Å². The van der Waals surface area contributed by atoms with Crippen LogP contribution in [-0.2, 0) is 4.74 Å². The van der Waals surface area contributed by atoms with Gasteiger partial charge in [-0.15, -0.1) is 0 Å². The van der Waals surface area contributed by atoms with E-state index in [0.717, 1.165) is 32.7 Å². The summed E-state index contributed by atoms with van der Waals surface area (Å²) in [5.74, 6) is 0. The Morgan fingerprint density at radius 2 is 1.85 bits per heavy atom. The van der Waals surface area contributed by atoms with Crippen LogP contribution < -0.4 is 4.90 Å². The molecule has 20 heavy (non-hydrogen) atoms. The third kappa shape index (κ3) is 3.95. The average Bonchev–Trinajstić information content (AvgIpc) is 2.47. The van der Waals surface area contributed by atoms with Gasteiger partial charge in [0.05, 0.1) is 19.8 Å². The fraction of sp³-hybridized carbons (Fsp3) is 0.625. The van der Waals surface area contributed by atoms with Crippen molar-refractivity contribution in [2.45, 2.75) is 13.8 Å². The molecular formula is C16H26N2O2. The summed E-state index contributed by atoms with van der Waals surface area (Å²) in [5, 5.41) is 8.67. The van der Waals surface area contributed by atoms with Gasteiger partial charge >= 0.3 is 0 Å². The number of piperazine rings is 1. The number of benzene rings is 1. The quantitative estimate of drug-likeness (QED) is 0.799. The van der Waals surface area contributed by atoms with Gasteiger partial charge in [-0.25, -0.2) is 0 Å². The molecule has 0 atom stereocenters. The Labute approximate surface area is 122 Å². The van der Waals surface area contributed by atoms with Gasteiger partial charge in [-0.3, -0.25) is 4.90 Å². The summed E-state index contributed by atoms with van der Waals surface area (Å²) in [6.07, 6.45) is 0. The van der Waals surface area contributed by atoms with Gasteiger partial charge in [0.2, 0.25) is 0 Å². The molecular weight excluding hydrogens is 252 g/mol. The van der Waals surface area contributed by atoms with Crippen molar-refractivity contribution in [3.05, 3.63) is 29.3 Å². The van der Waals surface area contributed by atoms with E-state index in [1.165, 1.54) is 16.8 Å². The summed E-state index contributed by atoms with van der Waals surface area (Å²) in [7, 11) is 0. The summed E-state index contributed by atoms with van der Waals surface area (Å²) < 4.78 is 5.33. The van der Waals surface area contributed by atoms with Crippen LogP contribution in [0.15, 0.2) is 18.2 Å². The predicted molar refractivity (Wildman–Crippen MR) is 82.5 cm³/mol. The first-order valence-corrected chi connectivity index (χ1v) is 7.44. The van der Waals surface area contributed by atoms with Crippen LogP contribution in [0.2, 0.25) is 0 Å². The molecule has 1 aliphatic heterocycles. The van der Waals surface area contributed by atoms with E-state index in [-0.39, 0.29) is 6.61 Å². The van der Waals surface area contributed by atoms with E-state index >= 15 is 0 Å². The Morgan fingerprint density at radius 1 is 1.10 bits per heavy atom. The topological polar surface area (TPSA) is 35.9 Å². The summed E-state index contributed by atoms with van der Waals surface area (Å²) >= 11 is 0. The predicted octanol–water partition coefficient (Wildman–Crippen LogP) is 1.43. The molecule has 1 saturated heterocycles. The first-order chi connectivity index (χ1) is 9.72. The fourth-order valence-corrected chi connectivity index (χ4v) is 2.65. The maximum absolute atomic E-state index is 8.67. The number of rotatable bonds is 6. The zero-order valence-electron chi connectivity index (χ0n) is 12.6. The van der Waals surface area contributed by atoms with Crippen LogP contribution in [0, 0.1) is 13.8 Å². The number of aliphatic hydroxyl groups is 1. The Hall–Kier alpha value is -1.10. The number of aryl methyl sites for hydroxylation is 1. The van der Waals surface area contributed by atoms with Crippen molar-refractivity contribution in [1.82, 2.24) is 4.90 Å². The molecule has 0 bridgehead atoms. The van der Waals surface area contributed by atoms with E-state index in [4.69, 9.17) is 9.84 Å². The number of nitrogens with zero attached hydrogens (tertiary/aromatic N) is 2. The molecule has 0 spiro atoms. The van der Waals surface area contributed by atoms with E-state index < -0.39 is 0 Å². The highest BCUT2D eigenvalue weighted by Gasteiger charge is 2.18. The molecule has 0 amide bonds. The number of ether oxygens (including phenoxy) is 1. The lowest BCUT2D eigenvalue weighted by Gasteiger charge is -2.37. The van der Waals surface area contributed by atoms with Gasteiger partial charge in [0.15, 0.2) is 0 Å². The summed E-state index contributed by atoms with van der Waals surface area (Å²) in [6, 6.07) is 6.54. The smallest absolute Gasteiger partial charge is 0.0698 e. The molecule has 1 aromatic rings. The second kappa shape index (κ2) is 7.62. The highest BCUT2D eigenvalue weighted by molar-refractivity contribution is 5.56. The standard InChI is InChI=1S/C16H26N2O2/c1-14-4-3-5-16(15(14)2)18-8-6-17(7-9-18)10-12-20-13-11-19/h3-5,19H,6-13H2,1-2H3. The highest BCUT2D eigenvalue weighted by atomic mass is 16.5. The first-order valence-electron chi connectivity index (χ1n) is 7.44. The number of aliphatic hydroxyl groups excluding tert-OH is 1. The molecule has 0 aliphatic carbocycles. The molecule has 0 radical (unpaired) electrons. The molecule has 0 unspecified atom stereocenters. The Bertz CT molecular complexity index is 415. The van der Waals surface area contributed by atoms with Crippen LogP contribution in [0.1, 0.15) is 11.1 Å².